The summed E-state index contributed by atoms with van der Waals surface area (Å²) in [6, 6.07) is 15.3. The second-order valence-electron chi connectivity index (χ2n) is 8.69. The van der Waals surface area contributed by atoms with E-state index >= 15 is 0 Å². The van der Waals surface area contributed by atoms with Crippen LogP contribution in [0.1, 0.15) is 22.3 Å². The molecular weight excluding hydrogens is 613 g/mol. The summed E-state index contributed by atoms with van der Waals surface area (Å²) in [6.07, 6.45) is -3.10. The summed E-state index contributed by atoms with van der Waals surface area (Å²) < 4.78 is 50.8. The molecule has 208 valence electrons. The van der Waals surface area contributed by atoms with E-state index in [4.69, 9.17) is 9.47 Å². The summed E-state index contributed by atoms with van der Waals surface area (Å²) >= 11 is 4.10. The Balaban J connectivity index is 1.45. The van der Waals surface area contributed by atoms with Crippen molar-refractivity contribution in [3.63, 3.8) is 0 Å². The molecule has 0 aromatic heterocycles. The molecule has 0 saturated carbocycles. The minimum Gasteiger partial charge on any atom is -0.493 e. The molecule has 7 nitrogen and oxygen atoms in total. The van der Waals surface area contributed by atoms with Crippen molar-refractivity contribution in [3.8, 4) is 11.5 Å². The van der Waals surface area contributed by atoms with Gasteiger partial charge in [0.25, 0.3) is 11.1 Å². The van der Waals surface area contributed by atoms with Gasteiger partial charge in [0.05, 0.1) is 17.6 Å². The lowest BCUT2D eigenvalue weighted by molar-refractivity contribution is -0.137. The Morgan fingerprint density at radius 2 is 1.80 bits per heavy atom. The van der Waals surface area contributed by atoms with Crippen LogP contribution in [-0.4, -0.2) is 35.6 Å². The second kappa shape index (κ2) is 12.2. The van der Waals surface area contributed by atoms with E-state index in [9.17, 15) is 27.6 Å². The molecule has 4 rings (SSSR count). The van der Waals surface area contributed by atoms with Gasteiger partial charge >= 0.3 is 6.18 Å². The van der Waals surface area contributed by atoms with Crippen molar-refractivity contribution >= 4 is 56.5 Å². The van der Waals surface area contributed by atoms with Crippen molar-refractivity contribution in [2.24, 2.45) is 0 Å². The van der Waals surface area contributed by atoms with Crippen LogP contribution in [0.5, 0.6) is 11.5 Å². The minimum atomic E-state index is -4.58. The first-order valence-electron chi connectivity index (χ1n) is 11.7. The number of amides is 3. The Hall–Kier alpha value is -3.77. The van der Waals surface area contributed by atoms with Crippen LogP contribution in [0.4, 0.5) is 23.7 Å². The average molecular weight is 635 g/mol. The Morgan fingerprint density at radius 1 is 1.07 bits per heavy atom. The normalized spacial score (nSPS) is 14.6. The molecule has 1 fully saturated rings. The number of carbonyl (C=O) groups excluding carboxylic acids is 3. The van der Waals surface area contributed by atoms with Gasteiger partial charge in [-0.15, -0.1) is 0 Å². The maximum atomic E-state index is 12.9. The number of hydrogen-bond donors (Lipinski definition) is 1. The summed E-state index contributed by atoms with van der Waals surface area (Å²) in [4.78, 5) is 38.7. The Bertz CT molecular complexity index is 1490. The van der Waals surface area contributed by atoms with Gasteiger partial charge in [0, 0.05) is 10.2 Å². The van der Waals surface area contributed by atoms with Gasteiger partial charge in [-0.05, 0) is 66.2 Å². The van der Waals surface area contributed by atoms with E-state index in [0.717, 1.165) is 34.2 Å². The van der Waals surface area contributed by atoms with Crippen molar-refractivity contribution in [1.82, 2.24) is 4.90 Å². The highest BCUT2D eigenvalue weighted by molar-refractivity contribution is 9.10. The molecule has 1 N–H and O–H groups in total. The quantitative estimate of drug-likeness (QED) is 0.268. The monoisotopic (exact) mass is 634 g/mol. The first kappa shape index (κ1) is 29.2. The maximum Gasteiger partial charge on any atom is 0.416 e. The minimum absolute atomic E-state index is 0.0629. The number of benzene rings is 3. The summed E-state index contributed by atoms with van der Waals surface area (Å²) in [5.41, 5.74) is 1.58. The topological polar surface area (TPSA) is 84.9 Å². The van der Waals surface area contributed by atoms with Crippen LogP contribution >= 0.6 is 27.7 Å². The molecule has 0 unspecified atom stereocenters. The van der Waals surface area contributed by atoms with Crippen LogP contribution in [0.3, 0.4) is 0 Å². The van der Waals surface area contributed by atoms with Crippen molar-refractivity contribution in [1.29, 1.82) is 0 Å². The summed E-state index contributed by atoms with van der Waals surface area (Å²) in [5.74, 6) is -0.659. The predicted octanol–water partition coefficient (Wildman–Crippen LogP) is 7.04. The number of thioether (sulfide) groups is 1. The maximum absolute atomic E-state index is 12.9. The lowest BCUT2D eigenvalue weighted by Crippen LogP contribution is -2.36. The van der Waals surface area contributed by atoms with Crippen LogP contribution in [0.15, 0.2) is 70.0 Å². The lowest BCUT2D eigenvalue weighted by Gasteiger charge is -2.14. The second-order valence-corrected chi connectivity index (χ2v) is 10.5. The average Bonchev–Trinajstić information content (AvgIpc) is 3.16. The Morgan fingerprint density at radius 3 is 2.48 bits per heavy atom. The molecule has 0 atom stereocenters. The third-order valence-electron chi connectivity index (χ3n) is 5.73. The fourth-order valence-corrected chi connectivity index (χ4v) is 4.94. The number of aryl methyl sites for hydroxylation is 1. The molecule has 1 heterocycles. The number of methoxy groups -OCH3 is 1. The number of anilines is 1. The molecule has 40 heavy (non-hydrogen) atoms. The van der Waals surface area contributed by atoms with Crippen molar-refractivity contribution in [2.75, 3.05) is 19.0 Å². The molecule has 3 aromatic rings. The Kier molecular flexibility index (Phi) is 8.89. The number of ether oxygens (including phenoxy) is 2. The number of rotatable bonds is 8. The molecule has 1 saturated heterocycles. The number of halogens is 4. The third kappa shape index (κ3) is 7.05. The number of nitrogens with one attached hydrogen (secondary N) is 1. The van der Waals surface area contributed by atoms with E-state index in [1.807, 2.05) is 31.2 Å². The summed E-state index contributed by atoms with van der Waals surface area (Å²) in [5, 5.41) is 1.61. The van der Waals surface area contributed by atoms with Crippen LogP contribution < -0.4 is 14.8 Å². The summed E-state index contributed by atoms with van der Waals surface area (Å²) in [6.45, 7) is 1.64. The molecule has 12 heteroatoms. The first-order chi connectivity index (χ1) is 18.9. The van der Waals surface area contributed by atoms with Gasteiger partial charge in [-0.2, -0.15) is 13.2 Å². The van der Waals surface area contributed by atoms with Gasteiger partial charge < -0.3 is 14.8 Å². The first-order valence-corrected chi connectivity index (χ1v) is 13.3. The zero-order valence-electron chi connectivity index (χ0n) is 21.2. The zero-order valence-corrected chi connectivity index (χ0v) is 23.6. The van der Waals surface area contributed by atoms with Crippen LogP contribution in [0.25, 0.3) is 6.08 Å². The van der Waals surface area contributed by atoms with Crippen LogP contribution in [-0.2, 0) is 22.4 Å². The van der Waals surface area contributed by atoms with Crippen molar-refractivity contribution < 1.29 is 37.0 Å². The number of imide groups is 1. The smallest absolute Gasteiger partial charge is 0.416 e. The number of carbonyl (C=O) groups is 3. The SMILES string of the molecule is COc1cc(/C=C2\SC(=O)N(CC(=O)Nc3cccc(C(F)(F)F)c3)C2=O)c(Br)cc1OCc1ccc(C)cc1. The van der Waals surface area contributed by atoms with Gasteiger partial charge in [-0.25, -0.2) is 0 Å². The van der Waals surface area contributed by atoms with E-state index in [0.29, 0.717) is 39.9 Å². The van der Waals surface area contributed by atoms with Crippen molar-refractivity contribution in [2.45, 2.75) is 19.7 Å². The van der Waals surface area contributed by atoms with E-state index in [-0.39, 0.29) is 10.6 Å². The third-order valence-corrected chi connectivity index (χ3v) is 7.33. The molecule has 3 aromatic carbocycles. The lowest BCUT2D eigenvalue weighted by atomic mass is 10.1. The fraction of sp³-hybridized carbons (Fsp3) is 0.179. The largest absolute Gasteiger partial charge is 0.493 e. The summed E-state index contributed by atoms with van der Waals surface area (Å²) in [7, 11) is 1.47. The van der Waals surface area contributed by atoms with Gasteiger partial charge in [-0.3, -0.25) is 19.3 Å². The highest BCUT2D eigenvalue weighted by atomic mass is 79.9. The number of alkyl halides is 3. The highest BCUT2D eigenvalue weighted by Gasteiger charge is 2.37. The van der Waals surface area contributed by atoms with Gasteiger partial charge in [0.1, 0.15) is 13.2 Å². The molecular formula is C28H22BrF3N2O5S. The molecule has 1 aliphatic rings. The number of hydrogen-bond acceptors (Lipinski definition) is 6. The predicted molar refractivity (Wildman–Crippen MR) is 149 cm³/mol. The molecule has 1 aliphatic heterocycles. The molecule has 0 bridgehead atoms. The molecule has 0 radical (unpaired) electrons. The van der Waals surface area contributed by atoms with E-state index in [2.05, 4.69) is 21.2 Å². The van der Waals surface area contributed by atoms with E-state index in [1.165, 1.54) is 19.3 Å². The molecule has 0 aliphatic carbocycles. The standard InChI is InChI=1S/C28H22BrF3N2O5S/c1-16-6-8-17(9-7-16)15-39-23-13-21(29)18(10-22(23)38-2)11-24-26(36)34(27(37)40-24)14-25(35)33-20-5-3-4-19(12-20)28(30,31)32/h3-13H,14-15H2,1-2H3,(H,33,35)/b24-11-. The Labute approximate surface area is 240 Å². The molecule has 0 spiro atoms. The molecule has 3 amide bonds. The fourth-order valence-electron chi connectivity index (χ4n) is 3.67. The highest BCUT2D eigenvalue weighted by Crippen LogP contribution is 2.38. The van der Waals surface area contributed by atoms with E-state index in [1.54, 1.807) is 12.1 Å². The van der Waals surface area contributed by atoms with Gasteiger partial charge in [0.15, 0.2) is 11.5 Å². The zero-order chi connectivity index (χ0) is 29.0. The van der Waals surface area contributed by atoms with Crippen LogP contribution in [0, 0.1) is 6.92 Å². The van der Waals surface area contributed by atoms with E-state index < -0.39 is 35.3 Å². The van der Waals surface area contributed by atoms with Crippen molar-refractivity contribution in [3.05, 3.63) is 92.3 Å². The number of nitrogens with zero attached hydrogens (tertiary/aromatic N) is 1. The van der Waals surface area contributed by atoms with Crippen LogP contribution in [0.2, 0.25) is 0 Å². The van der Waals surface area contributed by atoms with Gasteiger partial charge in [0.2, 0.25) is 5.91 Å². The van der Waals surface area contributed by atoms with Gasteiger partial charge in [-0.1, -0.05) is 51.8 Å².